The molecule has 1 aromatic carbocycles. The summed E-state index contributed by atoms with van der Waals surface area (Å²) < 4.78 is 10.9. The van der Waals surface area contributed by atoms with Crippen molar-refractivity contribution in [1.29, 1.82) is 0 Å². The fourth-order valence-corrected chi connectivity index (χ4v) is 1.63. The molecule has 1 aliphatic rings. The molecule has 0 radical (unpaired) electrons. The van der Waals surface area contributed by atoms with Gasteiger partial charge in [-0.25, -0.2) is 0 Å². The van der Waals surface area contributed by atoms with Crippen molar-refractivity contribution in [3.63, 3.8) is 0 Å². The third-order valence-corrected chi connectivity index (χ3v) is 2.49. The van der Waals surface area contributed by atoms with E-state index in [1.807, 2.05) is 18.2 Å². The minimum atomic E-state index is 0.610. The van der Waals surface area contributed by atoms with Crippen molar-refractivity contribution in [2.45, 2.75) is 13.0 Å². The molecule has 76 valence electrons. The van der Waals surface area contributed by atoms with Gasteiger partial charge in [-0.2, -0.15) is 0 Å². The lowest BCUT2D eigenvalue weighted by Gasteiger charge is -2.08. The summed E-state index contributed by atoms with van der Waals surface area (Å²) in [4.78, 5) is 0. The Kier molecular flexibility index (Phi) is 3.55. The SMILES string of the molecule is c1ccc(COCC2CCOC2)cc1. The Morgan fingerprint density at radius 2 is 2.14 bits per heavy atom. The summed E-state index contributed by atoms with van der Waals surface area (Å²) in [6.45, 7) is 3.32. The van der Waals surface area contributed by atoms with Crippen LogP contribution in [0.15, 0.2) is 30.3 Å². The average Bonchev–Trinajstić information content (AvgIpc) is 2.72. The van der Waals surface area contributed by atoms with Gasteiger partial charge in [0, 0.05) is 12.5 Å². The second kappa shape index (κ2) is 5.13. The summed E-state index contributed by atoms with van der Waals surface area (Å²) in [6, 6.07) is 10.3. The van der Waals surface area contributed by atoms with Crippen molar-refractivity contribution in [2.24, 2.45) is 5.92 Å². The lowest BCUT2D eigenvalue weighted by Crippen LogP contribution is -2.08. The number of hydrogen-bond donors (Lipinski definition) is 0. The molecular formula is C12H16O2. The molecule has 0 saturated carbocycles. The summed E-state index contributed by atoms with van der Waals surface area (Å²) in [5.41, 5.74) is 1.24. The molecule has 0 aliphatic carbocycles. The van der Waals surface area contributed by atoms with Crippen LogP contribution in [0.3, 0.4) is 0 Å². The van der Waals surface area contributed by atoms with Crippen LogP contribution in [0.25, 0.3) is 0 Å². The molecule has 0 bridgehead atoms. The van der Waals surface area contributed by atoms with E-state index in [1.54, 1.807) is 0 Å². The molecular weight excluding hydrogens is 176 g/mol. The second-order valence-corrected chi connectivity index (χ2v) is 3.73. The van der Waals surface area contributed by atoms with Crippen LogP contribution in [0.1, 0.15) is 12.0 Å². The van der Waals surface area contributed by atoms with Crippen LogP contribution in [0, 0.1) is 5.92 Å². The van der Waals surface area contributed by atoms with Gasteiger partial charge in [0.25, 0.3) is 0 Å². The van der Waals surface area contributed by atoms with E-state index in [2.05, 4.69) is 12.1 Å². The second-order valence-electron chi connectivity index (χ2n) is 3.73. The Bertz CT molecular complexity index is 252. The van der Waals surface area contributed by atoms with Gasteiger partial charge in [-0.15, -0.1) is 0 Å². The maximum atomic E-state index is 5.62. The Morgan fingerprint density at radius 1 is 1.29 bits per heavy atom. The highest BCUT2D eigenvalue weighted by molar-refractivity contribution is 5.13. The van der Waals surface area contributed by atoms with E-state index >= 15 is 0 Å². The van der Waals surface area contributed by atoms with Gasteiger partial charge >= 0.3 is 0 Å². The Hall–Kier alpha value is -0.860. The molecule has 0 N–H and O–H groups in total. The minimum absolute atomic E-state index is 0.610. The predicted octanol–water partition coefficient (Wildman–Crippen LogP) is 2.24. The maximum absolute atomic E-state index is 5.62. The van der Waals surface area contributed by atoms with Crippen molar-refractivity contribution in [1.82, 2.24) is 0 Å². The fourth-order valence-electron chi connectivity index (χ4n) is 1.63. The van der Waals surface area contributed by atoms with E-state index in [4.69, 9.17) is 9.47 Å². The number of ether oxygens (including phenoxy) is 2. The first kappa shape index (κ1) is 9.69. The molecule has 1 aliphatic heterocycles. The fraction of sp³-hybridized carbons (Fsp3) is 0.500. The number of hydrogen-bond acceptors (Lipinski definition) is 2. The standard InChI is InChI=1S/C12H16O2/c1-2-4-11(5-3-1)8-14-10-12-6-7-13-9-12/h1-5,12H,6-10H2. The minimum Gasteiger partial charge on any atom is -0.381 e. The molecule has 14 heavy (non-hydrogen) atoms. The highest BCUT2D eigenvalue weighted by atomic mass is 16.5. The smallest absolute Gasteiger partial charge is 0.0717 e. The molecule has 1 atom stereocenters. The molecule has 2 heteroatoms. The first-order valence-electron chi connectivity index (χ1n) is 5.14. The Labute approximate surface area is 84.8 Å². The van der Waals surface area contributed by atoms with Crippen LogP contribution in [0.5, 0.6) is 0 Å². The zero-order valence-corrected chi connectivity index (χ0v) is 8.32. The normalized spacial score (nSPS) is 21.3. The highest BCUT2D eigenvalue weighted by Crippen LogP contribution is 2.13. The number of benzene rings is 1. The molecule has 1 aromatic rings. The van der Waals surface area contributed by atoms with E-state index in [0.29, 0.717) is 5.92 Å². The molecule has 1 saturated heterocycles. The van der Waals surface area contributed by atoms with Crippen molar-refractivity contribution in [3.8, 4) is 0 Å². The quantitative estimate of drug-likeness (QED) is 0.728. The van der Waals surface area contributed by atoms with Crippen molar-refractivity contribution >= 4 is 0 Å². The molecule has 0 spiro atoms. The van der Waals surface area contributed by atoms with Gasteiger partial charge in [-0.1, -0.05) is 30.3 Å². The van der Waals surface area contributed by atoms with Gasteiger partial charge in [0.05, 0.1) is 19.8 Å². The van der Waals surface area contributed by atoms with Crippen molar-refractivity contribution in [2.75, 3.05) is 19.8 Å². The van der Waals surface area contributed by atoms with Gasteiger partial charge in [0.15, 0.2) is 0 Å². The molecule has 2 rings (SSSR count). The van der Waals surface area contributed by atoms with E-state index in [0.717, 1.165) is 32.8 Å². The molecule has 1 heterocycles. The summed E-state index contributed by atoms with van der Waals surface area (Å²) in [6.07, 6.45) is 1.15. The van der Waals surface area contributed by atoms with E-state index < -0.39 is 0 Å². The van der Waals surface area contributed by atoms with Crippen LogP contribution in [0.4, 0.5) is 0 Å². The molecule has 1 fully saturated rings. The van der Waals surface area contributed by atoms with Crippen LogP contribution in [0.2, 0.25) is 0 Å². The van der Waals surface area contributed by atoms with Crippen molar-refractivity contribution in [3.05, 3.63) is 35.9 Å². The van der Waals surface area contributed by atoms with E-state index in [1.165, 1.54) is 5.56 Å². The predicted molar refractivity (Wildman–Crippen MR) is 55.0 cm³/mol. The first-order valence-corrected chi connectivity index (χ1v) is 5.14. The first-order chi connectivity index (χ1) is 6.95. The Morgan fingerprint density at radius 3 is 2.86 bits per heavy atom. The molecule has 0 amide bonds. The molecule has 2 nitrogen and oxygen atoms in total. The van der Waals surface area contributed by atoms with Gasteiger partial charge in [-0.05, 0) is 12.0 Å². The third-order valence-electron chi connectivity index (χ3n) is 2.49. The summed E-state index contributed by atoms with van der Waals surface area (Å²) in [5.74, 6) is 0.610. The maximum Gasteiger partial charge on any atom is 0.0717 e. The van der Waals surface area contributed by atoms with Gasteiger partial charge in [0.1, 0.15) is 0 Å². The Balaban J connectivity index is 1.67. The van der Waals surface area contributed by atoms with Gasteiger partial charge in [-0.3, -0.25) is 0 Å². The van der Waals surface area contributed by atoms with Crippen LogP contribution in [-0.4, -0.2) is 19.8 Å². The summed E-state index contributed by atoms with van der Waals surface area (Å²) >= 11 is 0. The third kappa shape index (κ3) is 2.82. The van der Waals surface area contributed by atoms with Crippen LogP contribution < -0.4 is 0 Å². The van der Waals surface area contributed by atoms with E-state index in [-0.39, 0.29) is 0 Å². The lowest BCUT2D eigenvalue weighted by atomic mass is 10.1. The zero-order valence-electron chi connectivity index (χ0n) is 8.32. The molecule has 1 unspecified atom stereocenters. The topological polar surface area (TPSA) is 18.5 Å². The molecule has 0 aromatic heterocycles. The van der Waals surface area contributed by atoms with Crippen LogP contribution >= 0.6 is 0 Å². The lowest BCUT2D eigenvalue weighted by molar-refractivity contribution is 0.0791. The van der Waals surface area contributed by atoms with Crippen LogP contribution in [-0.2, 0) is 16.1 Å². The van der Waals surface area contributed by atoms with Gasteiger partial charge in [0.2, 0.25) is 0 Å². The average molecular weight is 192 g/mol. The van der Waals surface area contributed by atoms with Crippen molar-refractivity contribution < 1.29 is 9.47 Å². The van der Waals surface area contributed by atoms with Gasteiger partial charge < -0.3 is 9.47 Å². The monoisotopic (exact) mass is 192 g/mol. The largest absolute Gasteiger partial charge is 0.381 e. The van der Waals surface area contributed by atoms with E-state index in [9.17, 15) is 0 Å². The summed E-state index contributed by atoms with van der Waals surface area (Å²) in [7, 11) is 0. The zero-order chi connectivity index (χ0) is 9.64. The summed E-state index contributed by atoms with van der Waals surface area (Å²) in [5, 5.41) is 0. The highest BCUT2D eigenvalue weighted by Gasteiger charge is 2.15. The number of rotatable bonds is 4.